The van der Waals surface area contributed by atoms with E-state index in [2.05, 4.69) is 59.3 Å². The minimum Gasteiger partial charge on any atom is -0.314 e. The molecule has 0 atom stereocenters. The summed E-state index contributed by atoms with van der Waals surface area (Å²) in [6.07, 6.45) is 1.21. The van der Waals surface area contributed by atoms with Gasteiger partial charge in [0.1, 0.15) is 0 Å². The zero-order chi connectivity index (χ0) is 14.1. The van der Waals surface area contributed by atoms with Crippen molar-refractivity contribution in [2.75, 3.05) is 40.8 Å². The lowest BCUT2D eigenvalue weighted by atomic mass is 10.2. The van der Waals surface area contributed by atoms with Crippen molar-refractivity contribution in [1.29, 1.82) is 0 Å². The Morgan fingerprint density at radius 1 is 1.16 bits per heavy atom. The Bertz CT molecular complexity index is 352. The fraction of sp³-hybridized carbons (Fsp3) is 0.667. The Hall–Kier alpha value is -0.970. The van der Waals surface area contributed by atoms with Gasteiger partial charge in [0, 0.05) is 13.1 Å². The summed E-state index contributed by atoms with van der Waals surface area (Å²) in [5.74, 6) is 0. The lowest BCUT2D eigenvalue weighted by molar-refractivity contribution is 0.256. The highest BCUT2D eigenvalue weighted by Gasteiger charge is 2.05. The molecule has 4 nitrogen and oxygen atoms in total. The smallest absolute Gasteiger partial charge is 0.0547 e. The molecule has 1 N–H and O–H groups in total. The number of hydrogen-bond acceptors (Lipinski definition) is 4. The van der Waals surface area contributed by atoms with Crippen molar-refractivity contribution in [2.24, 2.45) is 0 Å². The Morgan fingerprint density at radius 3 is 2.53 bits per heavy atom. The molecule has 1 aromatic heterocycles. The first-order chi connectivity index (χ1) is 9.15. The van der Waals surface area contributed by atoms with Crippen LogP contribution in [0.1, 0.15) is 24.7 Å². The van der Waals surface area contributed by atoms with E-state index in [1.165, 1.54) is 12.1 Å². The van der Waals surface area contributed by atoms with Gasteiger partial charge in [-0.2, -0.15) is 0 Å². The van der Waals surface area contributed by atoms with Crippen LogP contribution in [0.25, 0.3) is 0 Å². The normalized spacial score (nSPS) is 11.5. The molecule has 0 bridgehead atoms. The maximum atomic E-state index is 4.68. The molecule has 0 saturated carbocycles. The van der Waals surface area contributed by atoms with E-state index in [0.717, 1.165) is 38.4 Å². The fourth-order valence-electron chi connectivity index (χ4n) is 2.09. The van der Waals surface area contributed by atoms with Crippen LogP contribution in [0.2, 0.25) is 0 Å². The summed E-state index contributed by atoms with van der Waals surface area (Å²) in [4.78, 5) is 9.37. The first-order valence-electron chi connectivity index (χ1n) is 7.12. The Labute approximate surface area is 117 Å². The van der Waals surface area contributed by atoms with Crippen molar-refractivity contribution in [1.82, 2.24) is 20.1 Å². The second-order valence-electron chi connectivity index (χ2n) is 5.18. The van der Waals surface area contributed by atoms with Crippen LogP contribution in [0.15, 0.2) is 18.2 Å². The van der Waals surface area contributed by atoms with Crippen molar-refractivity contribution < 1.29 is 0 Å². The Kier molecular flexibility index (Phi) is 7.63. The minimum absolute atomic E-state index is 0.834. The van der Waals surface area contributed by atoms with E-state index in [1.54, 1.807) is 0 Å². The molecule has 1 aromatic rings. The zero-order valence-corrected chi connectivity index (χ0v) is 12.8. The van der Waals surface area contributed by atoms with Gasteiger partial charge in [-0.3, -0.25) is 9.88 Å². The SMILES string of the molecule is CCN(CCCN(C)C)Cc1cccc(CNC)n1. The number of nitrogens with one attached hydrogen (secondary N) is 1. The molecule has 0 radical (unpaired) electrons. The number of nitrogens with zero attached hydrogens (tertiary/aromatic N) is 3. The summed E-state index contributed by atoms with van der Waals surface area (Å²) in [6.45, 7) is 7.34. The summed E-state index contributed by atoms with van der Waals surface area (Å²) in [7, 11) is 6.20. The van der Waals surface area contributed by atoms with Crippen molar-refractivity contribution >= 4 is 0 Å². The molecule has 0 aliphatic heterocycles. The average Bonchev–Trinajstić information content (AvgIpc) is 2.38. The molecular weight excluding hydrogens is 236 g/mol. The van der Waals surface area contributed by atoms with Crippen LogP contribution in [0.5, 0.6) is 0 Å². The van der Waals surface area contributed by atoms with E-state index in [0.29, 0.717) is 0 Å². The Morgan fingerprint density at radius 2 is 1.89 bits per heavy atom. The summed E-state index contributed by atoms with van der Waals surface area (Å²) in [6, 6.07) is 6.29. The van der Waals surface area contributed by atoms with E-state index < -0.39 is 0 Å². The van der Waals surface area contributed by atoms with Gasteiger partial charge in [-0.25, -0.2) is 0 Å². The molecule has 0 unspecified atom stereocenters. The number of aromatic nitrogens is 1. The van der Waals surface area contributed by atoms with E-state index in [-0.39, 0.29) is 0 Å². The predicted molar refractivity (Wildman–Crippen MR) is 81.1 cm³/mol. The maximum absolute atomic E-state index is 4.68. The van der Waals surface area contributed by atoms with Gasteiger partial charge in [0.2, 0.25) is 0 Å². The van der Waals surface area contributed by atoms with Crippen molar-refractivity contribution in [3.8, 4) is 0 Å². The zero-order valence-electron chi connectivity index (χ0n) is 12.8. The highest BCUT2D eigenvalue weighted by molar-refractivity contribution is 5.11. The first-order valence-corrected chi connectivity index (χ1v) is 7.12. The summed E-state index contributed by atoms with van der Waals surface area (Å²) >= 11 is 0. The van der Waals surface area contributed by atoms with Crippen LogP contribution < -0.4 is 5.32 Å². The van der Waals surface area contributed by atoms with E-state index in [9.17, 15) is 0 Å². The second-order valence-corrected chi connectivity index (χ2v) is 5.18. The summed E-state index contributed by atoms with van der Waals surface area (Å²) < 4.78 is 0. The molecule has 4 heteroatoms. The molecule has 0 aliphatic carbocycles. The van der Waals surface area contributed by atoms with Gasteiger partial charge in [-0.05, 0) is 59.3 Å². The van der Waals surface area contributed by atoms with E-state index in [4.69, 9.17) is 0 Å². The summed E-state index contributed by atoms with van der Waals surface area (Å²) in [5.41, 5.74) is 2.28. The highest BCUT2D eigenvalue weighted by Crippen LogP contribution is 2.04. The van der Waals surface area contributed by atoms with Gasteiger partial charge in [0.15, 0.2) is 0 Å². The molecule has 0 saturated heterocycles. The molecular formula is C15H28N4. The molecule has 0 fully saturated rings. The van der Waals surface area contributed by atoms with Crippen LogP contribution >= 0.6 is 0 Å². The predicted octanol–water partition coefficient (Wildman–Crippen LogP) is 1.57. The molecule has 0 amide bonds. The third kappa shape index (κ3) is 6.66. The van der Waals surface area contributed by atoms with Crippen molar-refractivity contribution in [3.63, 3.8) is 0 Å². The standard InChI is InChI=1S/C15H28N4/c1-5-19(11-7-10-18(3)4)13-15-9-6-8-14(17-15)12-16-2/h6,8-9,16H,5,7,10-13H2,1-4H3. The third-order valence-corrected chi connectivity index (χ3v) is 3.13. The van der Waals surface area contributed by atoms with Gasteiger partial charge < -0.3 is 10.2 Å². The fourth-order valence-corrected chi connectivity index (χ4v) is 2.09. The molecule has 0 aliphatic rings. The average molecular weight is 264 g/mol. The topological polar surface area (TPSA) is 31.4 Å². The Balaban J connectivity index is 2.47. The molecule has 1 rings (SSSR count). The molecule has 19 heavy (non-hydrogen) atoms. The maximum Gasteiger partial charge on any atom is 0.0547 e. The van der Waals surface area contributed by atoms with Crippen LogP contribution in [0.3, 0.4) is 0 Å². The molecule has 0 spiro atoms. The monoisotopic (exact) mass is 264 g/mol. The molecule has 108 valence electrons. The van der Waals surface area contributed by atoms with Gasteiger partial charge >= 0.3 is 0 Å². The van der Waals surface area contributed by atoms with Gasteiger partial charge in [0.25, 0.3) is 0 Å². The quantitative estimate of drug-likeness (QED) is 0.734. The van der Waals surface area contributed by atoms with Crippen LogP contribution in [-0.2, 0) is 13.1 Å². The van der Waals surface area contributed by atoms with Crippen LogP contribution in [-0.4, -0.2) is 55.6 Å². The van der Waals surface area contributed by atoms with E-state index in [1.807, 2.05) is 7.05 Å². The van der Waals surface area contributed by atoms with Crippen molar-refractivity contribution in [3.05, 3.63) is 29.6 Å². The van der Waals surface area contributed by atoms with Crippen molar-refractivity contribution in [2.45, 2.75) is 26.4 Å². The summed E-state index contributed by atoms with van der Waals surface area (Å²) in [5, 5.41) is 3.14. The van der Waals surface area contributed by atoms with Gasteiger partial charge in [-0.15, -0.1) is 0 Å². The number of rotatable bonds is 9. The molecule has 1 heterocycles. The lowest BCUT2D eigenvalue weighted by Gasteiger charge is -2.21. The largest absolute Gasteiger partial charge is 0.314 e. The highest BCUT2D eigenvalue weighted by atomic mass is 15.1. The lowest BCUT2D eigenvalue weighted by Crippen LogP contribution is -2.27. The van der Waals surface area contributed by atoms with Crippen LogP contribution in [0.4, 0.5) is 0 Å². The number of pyridine rings is 1. The van der Waals surface area contributed by atoms with Gasteiger partial charge in [0.05, 0.1) is 11.4 Å². The van der Waals surface area contributed by atoms with E-state index >= 15 is 0 Å². The number of hydrogen-bond donors (Lipinski definition) is 1. The van der Waals surface area contributed by atoms with Gasteiger partial charge in [-0.1, -0.05) is 13.0 Å². The first kappa shape index (κ1) is 16.1. The van der Waals surface area contributed by atoms with Crippen LogP contribution in [0, 0.1) is 0 Å². The minimum atomic E-state index is 0.834. The third-order valence-electron chi connectivity index (χ3n) is 3.13. The second kappa shape index (κ2) is 9.02. The molecule has 0 aromatic carbocycles.